The van der Waals surface area contributed by atoms with Crippen molar-refractivity contribution >= 4 is 33.9 Å². The number of benzene rings is 3. The Morgan fingerprint density at radius 3 is 2.04 bits per heavy atom. The summed E-state index contributed by atoms with van der Waals surface area (Å²) in [7, 11) is 0. The minimum atomic E-state index is -0.362. The first-order valence-electron chi connectivity index (χ1n) is 8.47. The van der Waals surface area contributed by atoms with Crippen molar-refractivity contribution in [2.75, 3.05) is 0 Å². The molecule has 3 aromatic carbocycles. The van der Waals surface area contributed by atoms with Crippen LogP contribution in [0.4, 0.5) is 0 Å². The summed E-state index contributed by atoms with van der Waals surface area (Å²) in [5, 5.41) is 2.02. The van der Waals surface area contributed by atoms with Crippen molar-refractivity contribution < 1.29 is 9.53 Å². The highest BCUT2D eigenvalue weighted by Crippen LogP contribution is 2.27. The van der Waals surface area contributed by atoms with Gasteiger partial charge in [-0.15, -0.1) is 0 Å². The predicted octanol–water partition coefficient (Wildman–Crippen LogP) is 5.14. The number of carbonyl (C=O) groups excluding carboxylic acids is 1. The fourth-order valence-electron chi connectivity index (χ4n) is 2.98. The molecule has 0 aliphatic rings. The number of nitrogens with zero attached hydrogens (tertiary/aromatic N) is 1. The zero-order valence-electron chi connectivity index (χ0n) is 14.1. The molecule has 0 aliphatic heterocycles. The lowest BCUT2D eigenvalue weighted by Gasteiger charge is -2.07. The molecule has 3 nitrogen and oxygen atoms in total. The smallest absolute Gasteiger partial charge is 0.331 e. The lowest BCUT2D eigenvalue weighted by atomic mass is 10.0. The zero-order chi connectivity index (χ0) is 17.8. The minimum absolute atomic E-state index is 0.266. The standard InChI is InChI=1S/C23H17NO2/c25-23(26-16-17-8-2-1-3-9-17)15-14-18-19-10-4-6-12-21(19)24-22-13-7-5-11-20(18)22/h1-15H,16H2. The van der Waals surface area contributed by atoms with Crippen LogP contribution in [0.5, 0.6) is 0 Å². The number of hydrogen-bond donors (Lipinski definition) is 0. The topological polar surface area (TPSA) is 39.2 Å². The van der Waals surface area contributed by atoms with Gasteiger partial charge in [-0.1, -0.05) is 66.7 Å². The molecule has 0 fully saturated rings. The van der Waals surface area contributed by atoms with E-state index < -0.39 is 0 Å². The van der Waals surface area contributed by atoms with Gasteiger partial charge in [-0.2, -0.15) is 0 Å². The van der Waals surface area contributed by atoms with Gasteiger partial charge < -0.3 is 4.74 Å². The molecule has 3 heteroatoms. The molecular weight excluding hydrogens is 322 g/mol. The molecule has 0 spiro atoms. The Morgan fingerprint density at radius 1 is 0.808 bits per heavy atom. The van der Waals surface area contributed by atoms with Gasteiger partial charge in [0, 0.05) is 16.8 Å². The lowest BCUT2D eigenvalue weighted by molar-refractivity contribution is -0.138. The highest BCUT2D eigenvalue weighted by Gasteiger charge is 2.07. The normalized spacial score (nSPS) is 11.2. The molecule has 1 heterocycles. The molecule has 0 saturated carbocycles. The van der Waals surface area contributed by atoms with E-state index in [4.69, 9.17) is 9.72 Å². The van der Waals surface area contributed by atoms with Crippen LogP contribution in [0, 0.1) is 0 Å². The third kappa shape index (κ3) is 3.33. The maximum absolute atomic E-state index is 12.1. The van der Waals surface area contributed by atoms with Crippen molar-refractivity contribution in [2.45, 2.75) is 6.61 Å². The number of para-hydroxylation sites is 2. The third-order valence-electron chi connectivity index (χ3n) is 4.24. The summed E-state index contributed by atoms with van der Waals surface area (Å²) in [5.74, 6) is -0.362. The van der Waals surface area contributed by atoms with Crippen molar-refractivity contribution in [2.24, 2.45) is 0 Å². The Hall–Kier alpha value is -3.46. The van der Waals surface area contributed by atoms with Gasteiger partial charge in [0.15, 0.2) is 0 Å². The van der Waals surface area contributed by atoms with E-state index in [9.17, 15) is 4.79 Å². The van der Waals surface area contributed by atoms with Gasteiger partial charge in [0.05, 0.1) is 11.0 Å². The van der Waals surface area contributed by atoms with E-state index in [2.05, 4.69) is 0 Å². The molecule has 26 heavy (non-hydrogen) atoms. The summed E-state index contributed by atoms with van der Waals surface area (Å²) in [6, 6.07) is 25.5. The van der Waals surface area contributed by atoms with Crippen molar-refractivity contribution in [3.8, 4) is 0 Å². The van der Waals surface area contributed by atoms with Crippen LogP contribution >= 0.6 is 0 Å². The Morgan fingerprint density at radius 2 is 1.38 bits per heavy atom. The Kier molecular flexibility index (Phi) is 4.44. The van der Waals surface area contributed by atoms with Gasteiger partial charge in [0.1, 0.15) is 6.61 Å². The van der Waals surface area contributed by atoms with Crippen LogP contribution in [-0.2, 0) is 16.1 Å². The second-order valence-corrected chi connectivity index (χ2v) is 5.99. The largest absolute Gasteiger partial charge is 0.458 e. The van der Waals surface area contributed by atoms with E-state index in [-0.39, 0.29) is 12.6 Å². The molecular formula is C23H17NO2. The Bertz CT molecular complexity index is 1050. The summed E-state index contributed by atoms with van der Waals surface area (Å²) < 4.78 is 5.33. The molecule has 0 atom stereocenters. The highest BCUT2D eigenvalue weighted by molar-refractivity contribution is 6.04. The van der Waals surface area contributed by atoms with Crippen LogP contribution in [0.2, 0.25) is 0 Å². The number of fused-ring (bicyclic) bond motifs is 2. The number of rotatable bonds is 4. The summed E-state index contributed by atoms with van der Waals surface area (Å²) in [5.41, 5.74) is 3.75. The van der Waals surface area contributed by atoms with Gasteiger partial charge in [0.25, 0.3) is 0 Å². The van der Waals surface area contributed by atoms with Gasteiger partial charge in [-0.3, -0.25) is 0 Å². The fraction of sp³-hybridized carbons (Fsp3) is 0.0435. The Labute approximate surface area is 151 Å². The summed E-state index contributed by atoms with van der Waals surface area (Å²) in [6.45, 7) is 0.266. The van der Waals surface area contributed by atoms with E-state index in [1.165, 1.54) is 6.08 Å². The van der Waals surface area contributed by atoms with Crippen LogP contribution < -0.4 is 0 Å². The summed E-state index contributed by atoms with van der Waals surface area (Å²) >= 11 is 0. The molecule has 0 aliphatic carbocycles. The average Bonchev–Trinajstić information content (AvgIpc) is 2.70. The van der Waals surface area contributed by atoms with Gasteiger partial charge >= 0.3 is 5.97 Å². The molecule has 1 aromatic heterocycles. The molecule has 0 unspecified atom stereocenters. The average molecular weight is 339 g/mol. The second-order valence-electron chi connectivity index (χ2n) is 5.99. The molecule has 0 bridgehead atoms. The zero-order valence-corrected chi connectivity index (χ0v) is 14.1. The van der Waals surface area contributed by atoms with Gasteiger partial charge in [-0.25, -0.2) is 9.78 Å². The first kappa shape index (κ1) is 16.0. The lowest BCUT2D eigenvalue weighted by Crippen LogP contribution is -2.00. The van der Waals surface area contributed by atoms with Crippen LogP contribution in [0.25, 0.3) is 27.9 Å². The minimum Gasteiger partial charge on any atom is -0.458 e. The molecule has 0 saturated heterocycles. The summed E-state index contributed by atoms with van der Waals surface area (Å²) in [6.07, 6.45) is 3.30. The number of esters is 1. The van der Waals surface area contributed by atoms with E-state index >= 15 is 0 Å². The van der Waals surface area contributed by atoms with Crippen LogP contribution in [0.1, 0.15) is 11.1 Å². The van der Waals surface area contributed by atoms with E-state index in [1.807, 2.05) is 84.9 Å². The second kappa shape index (κ2) is 7.19. The van der Waals surface area contributed by atoms with Crippen LogP contribution in [0.15, 0.2) is 84.9 Å². The van der Waals surface area contributed by atoms with Crippen molar-refractivity contribution in [1.82, 2.24) is 4.98 Å². The first-order valence-corrected chi connectivity index (χ1v) is 8.47. The number of aromatic nitrogens is 1. The molecule has 0 N–H and O–H groups in total. The number of carbonyl (C=O) groups is 1. The van der Waals surface area contributed by atoms with Crippen molar-refractivity contribution in [3.05, 3.63) is 96.1 Å². The highest BCUT2D eigenvalue weighted by atomic mass is 16.5. The monoisotopic (exact) mass is 339 g/mol. The summed E-state index contributed by atoms with van der Waals surface area (Å²) in [4.78, 5) is 16.8. The number of pyridine rings is 1. The van der Waals surface area contributed by atoms with Crippen LogP contribution in [0.3, 0.4) is 0 Å². The molecule has 0 amide bonds. The van der Waals surface area contributed by atoms with Gasteiger partial charge in [0.2, 0.25) is 0 Å². The van der Waals surface area contributed by atoms with E-state index in [1.54, 1.807) is 0 Å². The first-order chi connectivity index (χ1) is 12.8. The van der Waals surface area contributed by atoms with Gasteiger partial charge in [-0.05, 0) is 29.3 Å². The molecule has 0 radical (unpaired) electrons. The molecule has 4 rings (SSSR count). The van der Waals surface area contributed by atoms with Crippen molar-refractivity contribution in [1.29, 1.82) is 0 Å². The number of hydrogen-bond acceptors (Lipinski definition) is 3. The molecule has 4 aromatic rings. The third-order valence-corrected chi connectivity index (χ3v) is 4.24. The number of ether oxygens (including phenoxy) is 1. The Balaban J connectivity index is 1.64. The predicted molar refractivity (Wildman–Crippen MR) is 105 cm³/mol. The van der Waals surface area contributed by atoms with Crippen molar-refractivity contribution in [3.63, 3.8) is 0 Å². The SMILES string of the molecule is O=C(C=Cc1c2ccccc2nc2ccccc12)OCc1ccccc1. The van der Waals surface area contributed by atoms with E-state index in [0.717, 1.165) is 32.9 Å². The maximum atomic E-state index is 12.1. The quantitative estimate of drug-likeness (QED) is 0.293. The maximum Gasteiger partial charge on any atom is 0.331 e. The van der Waals surface area contributed by atoms with E-state index in [0.29, 0.717) is 0 Å². The van der Waals surface area contributed by atoms with Crippen LogP contribution in [-0.4, -0.2) is 11.0 Å². The fourth-order valence-corrected chi connectivity index (χ4v) is 2.98. The molecule has 126 valence electrons.